The van der Waals surface area contributed by atoms with Crippen LogP contribution < -0.4 is 15.8 Å². The number of hydrogen-bond acceptors (Lipinski definition) is 4. The van der Waals surface area contributed by atoms with Gasteiger partial charge in [0.2, 0.25) is 0 Å². The lowest BCUT2D eigenvalue weighted by atomic mass is 10.0. The van der Waals surface area contributed by atoms with Gasteiger partial charge in [0.1, 0.15) is 5.75 Å². The molecule has 7 heteroatoms. The summed E-state index contributed by atoms with van der Waals surface area (Å²) in [7, 11) is 0. The fraction of sp³-hybridized carbons (Fsp3) is 0.579. The quantitative estimate of drug-likeness (QED) is 0.188. The number of nitrogens with one attached hydrogen (secondary N) is 1. The number of carbonyl (C=O) groups is 1. The van der Waals surface area contributed by atoms with Crippen molar-refractivity contribution in [3.8, 4) is 5.75 Å². The molecule has 1 heterocycles. The van der Waals surface area contributed by atoms with Gasteiger partial charge in [-0.1, -0.05) is 31.0 Å². The smallest absolute Gasteiger partial charge is 0.305 e. The molecule has 1 unspecified atom stereocenters. The first-order chi connectivity index (χ1) is 12.2. The van der Waals surface area contributed by atoms with Crippen molar-refractivity contribution in [1.82, 2.24) is 5.32 Å². The average Bonchev–Trinajstić information content (AvgIpc) is 2.61. The topological polar surface area (TPSA) is 85.9 Å². The first-order valence-electron chi connectivity index (χ1n) is 9.14. The van der Waals surface area contributed by atoms with Crippen LogP contribution in [0.5, 0.6) is 5.75 Å². The lowest BCUT2D eigenvalue weighted by Crippen LogP contribution is -2.37. The van der Waals surface area contributed by atoms with Gasteiger partial charge in [-0.2, -0.15) is 0 Å². The fourth-order valence-electron chi connectivity index (χ4n) is 2.88. The van der Waals surface area contributed by atoms with Crippen molar-refractivity contribution in [1.29, 1.82) is 0 Å². The number of fused-ring (bicyclic) bond motifs is 1. The molecule has 0 bridgehead atoms. The highest BCUT2D eigenvalue weighted by Crippen LogP contribution is 2.31. The van der Waals surface area contributed by atoms with Gasteiger partial charge >= 0.3 is 5.97 Å². The molecule has 26 heavy (non-hydrogen) atoms. The van der Waals surface area contributed by atoms with Gasteiger partial charge in [-0.15, -0.1) is 24.0 Å². The normalized spacial score (nSPS) is 16.0. The van der Waals surface area contributed by atoms with Crippen LogP contribution in [0.4, 0.5) is 0 Å². The van der Waals surface area contributed by atoms with Crippen molar-refractivity contribution in [2.45, 2.75) is 51.5 Å². The van der Waals surface area contributed by atoms with Crippen LogP contribution >= 0.6 is 24.0 Å². The summed E-state index contributed by atoms with van der Waals surface area (Å²) in [5, 5.41) is 3.29. The molecule has 0 aromatic heterocycles. The molecule has 0 aliphatic carbocycles. The molecule has 1 aromatic carbocycles. The molecule has 1 atom stereocenters. The first kappa shape index (κ1) is 22.5. The highest BCUT2D eigenvalue weighted by Gasteiger charge is 2.21. The van der Waals surface area contributed by atoms with Gasteiger partial charge < -0.3 is 20.5 Å². The molecule has 0 fully saturated rings. The van der Waals surface area contributed by atoms with Crippen molar-refractivity contribution >= 4 is 35.9 Å². The molecular weight excluding hydrogens is 445 g/mol. The van der Waals surface area contributed by atoms with Crippen molar-refractivity contribution in [2.24, 2.45) is 10.7 Å². The molecule has 0 saturated heterocycles. The summed E-state index contributed by atoms with van der Waals surface area (Å²) >= 11 is 0. The van der Waals surface area contributed by atoms with Crippen LogP contribution in [0.25, 0.3) is 0 Å². The van der Waals surface area contributed by atoms with E-state index in [1.165, 1.54) is 0 Å². The van der Waals surface area contributed by atoms with E-state index in [4.69, 9.17) is 15.2 Å². The molecule has 146 valence electrons. The Labute approximate surface area is 172 Å². The number of carbonyl (C=O) groups excluding carboxylic acids is 1. The summed E-state index contributed by atoms with van der Waals surface area (Å²) in [6, 6.07) is 8.17. The van der Waals surface area contributed by atoms with Crippen LogP contribution in [-0.2, 0) is 9.53 Å². The minimum atomic E-state index is -0.106. The number of esters is 1. The third kappa shape index (κ3) is 7.80. The lowest BCUT2D eigenvalue weighted by Gasteiger charge is -2.26. The number of benzene rings is 1. The number of rotatable bonds is 9. The van der Waals surface area contributed by atoms with Crippen molar-refractivity contribution in [3.63, 3.8) is 0 Å². The minimum absolute atomic E-state index is 0. The molecule has 0 radical (unpaired) electrons. The maximum absolute atomic E-state index is 11.2. The van der Waals surface area contributed by atoms with E-state index in [-0.39, 0.29) is 36.0 Å². The zero-order valence-electron chi connectivity index (χ0n) is 15.4. The summed E-state index contributed by atoms with van der Waals surface area (Å²) in [6.45, 7) is 3.66. The standard InChI is InChI=1S/C19H29N3O3.HI/c1-2-24-18(23)11-5-3-4-8-13-21-19(20)22-16-12-14-25-17-10-7-6-9-15(16)17;/h6-7,9-10,16H,2-5,8,11-14H2,1H3,(H3,20,21,22);1H. The highest BCUT2D eigenvalue weighted by atomic mass is 127. The van der Waals surface area contributed by atoms with Crippen molar-refractivity contribution in [3.05, 3.63) is 29.8 Å². The van der Waals surface area contributed by atoms with E-state index in [1.54, 1.807) is 0 Å². The summed E-state index contributed by atoms with van der Waals surface area (Å²) in [6.07, 6.45) is 5.26. The minimum Gasteiger partial charge on any atom is -0.493 e. The highest BCUT2D eigenvalue weighted by molar-refractivity contribution is 14.0. The summed E-state index contributed by atoms with van der Waals surface area (Å²) < 4.78 is 10.6. The van der Waals surface area contributed by atoms with Crippen LogP contribution in [-0.4, -0.2) is 31.7 Å². The summed E-state index contributed by atoms with van der Waals surface area (Å²) in [5.41, 5.74) is 7.14. The third-order valence-corrected chi connectivity index (χ3v) is 4.16. The SMILES string of the molecule is CCOC(=O)CCCCCCN=C(N)NC1CCOc2ccccc21.I. The van der Waals surface area contributed by atoms with Gasteiger partial charge in [0.15, 0.2) is 5.96 Å². The second-order valence-corrected chi connectivity index (χ2v) is 6.11. The zero-order chi connectivity index (χ0) is 17.9. The van der Waals surface area contributed by atoms with Gasteiger partial charge in [-0.3, -0.25) is 9.79 Å². The monoisotopic (exact) mass is 475 g/mol. The predicted octanol–water partition coefficient (Wildman–Crippen LogP) is 3.55. The number of ether oxygens (including phenoxy) is 2. The number of unbranched alkanes of at least 4 members (excludes halogenated alkanes) is 3. The van der Waals surface area contributed by atoms with Crippen LogP contribution in [0.15, 0.2) is 29.3 Å². The van der Waals surface area contributed by atoms with E-state index in [0.717, 1.165) is 43.4 Å². The predicted molar refractivity (Wildman–Crippen MR) is 114 cm³/mol. The molecule has 1 aliphatic rings. The zero-order valence-corrected chi connectivity index (χ0v) is 17.7. The molecule has 1 aliphatic heterocycles. The van der Waals surface area contributed by atoms with Gasteiger partial charge in [0, 0.05) is 24.9 Å². The Bertz CT molecular complexity index is 581. The van der Waals surface area contributed by atoms with Gasteiger partial charge in [0.05, 0.1) is 19.3 Å². The summed E-state index contributed by atoms with van der Waals surface area (Å²) in [5.74, 6) is 1.29. The van der Waals surface area contributed by atoms with Gasteiger partial charge in [0.25, 0.3) is 0 Å². The number of nitrogens with two attached hydrogens (primary N) is 1. The number of guanidine groups is 1. The fourth-order valence-corrected chi connectivity index (χ4v) is 2.88. The summed E-state index contributed by atoms with van der Waals surface area (Å²) in [4.78, 5) is 15.6. The Morgan fingerprint density at radius 3 is 2.88 bits per heavy atom. The van der Waals surface area contributed by atoms with Crippen molar-refractivity contribution < 1.29 is 14.3 Å². The number of hydrogen-bond donors (Lipinski definition) is 2. The number of aliphatic imine (C=N–C) groups is 1. The molecule has 0 spiro atoms. The Hall–Kier alpha value is -1.51. The van der Waals surface area contributed by atoms with Gasteiger partial charge in [-0.05, 0) is 25.8 Å². The molecule has 0 amide bonds. The van der Waals surface area contributed by atoms with E-state index >= 15 is 0 Å². The van der Waals surface area contributed by atoms with E-state index in [2.05, 4.69) is 16.4 Å². The van der Waals surface area contributed by atoms with E-state index in [0.29, 0.717) is 32.1 Å². The number of nitrogens with zero attached hydrogens (tertiary/aromatic N) is 1. The first-order valence-corrected chi connectivity index (χ1v) is 9.14. The number of halogens is 1. The molecule has 6 nitrogen and oxygen atoms in total. The second-order valence-electron chi connectivity index (χ2n) is 6.11. The molecule has 3 N–H and O–H groups in total. The average molecular weight is 475 g/mol. The maximum atomic E-state index is 11.2. The maximum Gasteiger partial charge on any atom is 0.305 e. The van der Waals surface area contributed by atoms with Crippen LogP contribution in [0, 0.1) is 0 Å². The van der Waals surface area contributed by atoms with E-state index in [1.807, 2.05) is 25.1 Å². The largest absolute Gasteiger partial charge is 0.493 e. The Kier molecular flexibility index (Phi) is 11.1. The lowest BCUT2D eigenvalue weighted by molar-refractivity contribution is -0.143. The molecule has 2 rings (SSSR count). The number of para-hydroxylation sites is 1. The second kappa shape index (κ2) is 12.8. The Morgan fingerprint density at radius 1 is 1.31 bits per heavy atom. The van der Waals surface area contributed by atoms with Gasteiger partial charge in [-0.25, -0.2) is 0 Å². The van der Waals surface area contributed by atoms with Crippen LogP contribution in [0.2, 0.25) is 0 Å². The molecule has 0 saturated carbocycles. The van der Waals surface area contributed by atoms with Crippen molar-refractivity contribution in [2.75, 3.05) is 19.8 Å². The van der Waals surface area contributed by atoms with E-state index < -0.39 is 0 Å². The molecule has 1 aromatic rings. The Morgan fingerprint density at radius 2 is 2.08 bits per heavy atom. The molecular formula is C19H30IN3O3. The van der Waals surface area contributed by atoms with Crippen LogP contribution in [0.1, 0.15) is 57.1 Å². The van der Waals surface area contributed by atoms with E-state index in [9.17, 15) is 4.79 Å². The van der Waals surface area contributed by atoms with Crippen LogP contribution in [0.3, 0.4) is 0 Å². The third-order valence-electron chi connectivity index (χ3n) is 4.16. The Balaban J connectivity index is 0.00000338.